The van der Waals surface area contributed by atoms with Gasteiger partial charge in [-0.1, -0.05) is 0 Å². The zero-order valence-electron chi connectivity index (χ0n) is 13.6. The summed E-state index contributed by atoms with van der Waals surface area (Å²) in [6.45, 7) is 3.25. The van der Waals surface area contributed by atoms with Gasteiger partial charge in [-0.3, -0.25) is 0 Å². The van der Waals surface area contributed by atoms with Gasteiger partial charge in [0.15, 0.2) is 11.5 Å². The van der Waals surface area contributed by atoms with Crippen molar-refractivity contribution >= 4 is 15.7 Å². The number of hydrogen-bond acceptors (Lipinski definition) is 6. The Labute approximate surface area is 140 Å². The summed E-state index contributed by atoms with van der Waals surface area (Å²) in [5.74, 6) is 2.24. The van der Waals surface area contributed by atoms with Gasteiger partial charge in [0.25, 0.3) is 0 Å². The average Bonchev–Trinajstić information content (AvgIpc) is 3.16. The number of rotatable bonds is 6. The molecule has 24 heavy (non-hydrogen) atoms. The zero-order valence-corrected chi connectivity index (χ0v) is 14.4. The Bertz CT molecular complexity index is 846. The van der Waals surface area contributed by atoms with E-state index in [2.05, 4.69) is 15.3 Å². The molecule has 4 rings (SSSR count). The van der Waals surface area contributed by atoms with E-state index >= 15 is 0 Å². The van der Waals surface area contributed by atoms with Gasteiger partial charge >= 0.3 is 0 Å². The number of aromatic nitrogens is 4. The van der Waals surface area contributed by atoms with E-state index in [0.29, 0.717) is 31.5 Å². The van der Waals surface area contributed by atoms with E-state index in [-0.39, 0.29) is 11.7 Å². The van der Waals surface area contributed by atoms with Crippen LogP contribution in [0.25, 0.3) is 5.65 Å². The molecular weight excluding hydrogens is 330 g/mol. The van der Waals surface area contributed by atoms with E-state index in [9.17, 15) is 8.42 Å². The fourth-order valence-corrected chi connectivity index (χ4v) is 4.22. The lowest BCUT2D eigenvalue weighted by Crippen LogP contribution is -2.30. The van der Waals surface area contributed by atoms with Gasteiger partial charge in [0.05, 0.1) is 12.4 Å². The van der Waals surface area contributed by atoms with Crippen LogP contribution >= 0.6 is 0 Å². The fourth-order valence-electron chi connectivity index (χ4n) is 3.03. The molecule has 1 aliphatic heterocycles. The van der Waals surface area contributed by atoms with Crippen LogP contribution in [0.3, 0.4) is 0 Å². The highest BCUT2D eigenvalue weighted by Gasteiger charge is 2.31. The van der Waals surface area contributed by atoms with Crippen molar-refractivity contribution in [2.45, 2.75) is 32.1 Å². The van der Waals surface area contributed by atoms with Crippen molar-refractivity contribution in [3.05, 3.63) is 18.0 Å². The molecule has 2 aromatic rings. The second-order valence-electron chi connectivity index (χ2n) is 6.50. The zero-order chi connectivity index (χ0) is 16.7. The summed E-state index contributed by atoms with van der Waals surface area (Å²) in [5, 5.41) is 12.8. The number of fused-ring (bicyclic) bond motifs is 1. The summed E-state index contributed by atoms with van der Waals surface area (Å²) >= 11 is 0. The summed E-state index contributed by atoms with van der Waals surface area (Å²) in [4.78, 5) is 0. The van der Waals surface area contributed by atoms with E-state index in [0.717, 1.165) is 30.7 Å². The Morgan fingerprint density at radius 2 is 2.08 bits per heavy atom. The molecule has 1 saturated heterocycles. The van der Waals surface area contributed by atoms with Gasteiger partial charge in [-0.2, -0.15) is 4.52 Å². The Hall–Kier alpha value is -1.74. The van der Waals surface area contributed by atoms with Gasteiger partial charge in [-0.15, -0.1) is 15.3 Å². The minimum Gasteiger partial charge on any atom is -0.476 e. The smallest absolute Gasteiger partial charge is 0.231 e. The van der Waals surface area contributed by atoms with Crippen LogP contribution in [0, 0.1) is 5.92 Å². The van der Waals surface area contributed by atoms with Gasteiger partial charge in [-0.05, 0) is 32.3 Å². The van der Waals surface area contributed by atoms with Gasteiger partial charge in [-0.25, -0.2) is 12.7 Å². The maximum absolute atomic E-state index is 11.9. The molecule has 2 fully saturated rings. The van der Waals surface area contributed by atoms with E-state index in [1.807, 2.05) is 6.07 Å². The summed E-state index contributed by atoms with van der Waals surface area (Å²) in [6, 6.07) is 3.64. The summed E-state index contributed by atoms with van der Waals surface area (Å²) in [5.41, 5.74) is 0.727. The molecular formula is C15H21N5O3S. The highest BCUT2D eigenvalue weighted by molar-refractivity contribution is 7.89. The maximum atomic E-state index is 11.9. The molecule has 0 aromatic carbocycles. The number of hydrogen-bond donors (Lipinski definition) is 0. The first-order valence-electron chi connectivity index (χ1n) is 8.40. The van der Waals surface area contributed by atoms with Gasteiger partial charge in [0, 0.05) is 31.0 Å². The molecule has 0 bridgehead atoms. The van der Waals surface area contributed by atoms with Crippen molar-refractivity contribution in [3.8, 4) is 5.88 Å². The molecule has 2 aromatic heterocycles. The lowest BCUT2D eigenvalue weighted by atomic mass is 10.1. The Morgan fingerprint density at radius 3 is 2.83 bits per heavy atom. The summed E-state index contributed by atoms with van der Waals surface area (Å²) < 4.78 is 32.9. The number of ether oxygens (including phenoxy) is 1. The third-order valence-electron chi connectivity index (χ3n) is 4.68. The molecule has 0 N–H and O–H groups in total. The van der Waals surface area contributed by atoms with Crippen molar-refractivity contribution in [3.63, 3.8) is 0 Å². The quantitative estimate of drug-likeness (QED) is 0.773. The lowest BCUT2D eigenvalue weighted by molar-refractivity contribution is 0.243. The van der Waals surface area contributed by atoms with Crippen LogP contribution in [0.5, 0.6) is 5.88 Å². The second-order valence-corrected chi connectivity index (χ2v) is 8.76. The molecule has 1 saturated carbocycles. The third-order valence-corrected chi connectivity index (χ3v) is 6.53. The predicted octanol–water partition coefficient (Wildman–Crippen LogP) is 1.05. The van der Waals surface area contributed by atoms with E-state index in [1.165, 1.54) is 0 Å². The summed E-state index contributed by atoms with van der Waals surface area (Å²) in [7, 11) is -3.10. The molecule has 3 heterocycles. The Kier molecular flexibility index (Phi) is 3.92. The Balaban J connectivity index is 1.41. The SMILES string of the molecule is CCS(=O)(=O)N1CCC(COc2ccc3nnc(C4CC4)n3n2)C1. The van der Waals surface area contributed by atoms with Crippen molar-refractivity contribution in [1.29, 1.82) is 0 Å². The number of sulfonamides is 1. The third kappa shape index (κ3) is 2.98. The molecule has 0 spiro atoms. The highest BCUT2D eigenvalue weighted by atomic mass is 32.2. The van der Waals surface area contributed by atoms with Gasteiger partial charge < -0.3 is 4.74 Å². The first-order valence-corrected chi connectivity index (χ1v) is 10.0. The van der Waals surface area contributed by atoms with E-state index in [1.54, 1.807) is 21.8 Å². The molecule has 1 unspecified atom stereocenters. The van der Waals surface area contributed by atoms with Crippen LogP contribution in [-0.2, 0) is 10.0 Å². The monoisotopic (exact) mass is 351 g/mol. The standard InChI is InChI=1S/C15H21N5O3S/c1-2-24(21,22)19-8-7-11(9-19)10-23-14-6-5-13-16-17-15(12-3-4-12)20(13)18-14/h5-6,11-12H,2-4,7-10H2,1H3. The average molecular weight is 351 g/mol. The van der Waals surface area contributed by atoms with Crippen molar-refractivity contribution in [2.75, 3.05) is 25.4 Å². The van der Waals surface area contributed by atoms with Gasteiger partial charge in [0.1, 0.15) is 0 Å². The maximum Gasteiger partial charge on any atom is 0.231 e. The molecule has 1 atom stereocenters. The van der Waals surface area contributed by atoms with E-state index in [4.69, 9.17) is 4.74 Å². The van der Waals surface area contributed by atoms with Gasteiger partial charge in [0.2, 0.25) is 15.9 Å². The lowest BCUT2D eigenvalue weighted by Gasteiger charge is -2.15. The molecule has 130 valence electrons. The first kappa shape index (κ1) is 15.8. The highest BCUT2D eigenvalue weighted by Crippen LogP contribution is 2.38. The topological polar surface area (TPSA) is 89.7 Å². The van der Waals surface area contributed by atoms with Crippen molar-refractivity contribution in [1.82, 2.24) is 24.1 Å². The Morgan fingerprint density at radius 1 is 1.25 bits per heavy atom. The van der Waals surface area contributed by atoms with Crippen LogP contribution in [0.1, 0.15) is 37.9 Å². The first-order chi connectivity index (χ1) is 11.6. The largest absolute Gasteiger partial charge is 0.476 e. The molecule has 8 nitrogen and oxygen atoms in total. The predicted molar refractivity (Wildman–Crippen MR) is 87.4 cm³/mol. The number of nitrogens with zero attached hydrogens (tertiary/aromatic N) is 5. The van der Waals surface area contributed by atoms with E-state index < -0.39 is 10.0 Å². The molecule has 0 amide bonds. The summed E-state index contributed by atoms with van der Waals surface area (Å²) in [6.07, 6.45) is 3.09. The van der Waals surface area contributed by atoms with Crippen LogP contribution in [0.15, 0.2) is 12.1 Å². The second kappa shape index (κ2) is 5.96. The molecule has 9 heteroatoms. The van der Waals surface area contributed by atoms with Crippen molar-refractivity contribution < 1.29 is 13.2 Å². The van der Waals surface area contributed by atoms with Crippen LogP contribution in [0.2, 0.25) is 0 Å². The molecule has 0 radical (unpaired) electrons. The normalized spacial score (nSPS) is 22.3. The minimum absolute atomic E-state index is 0.149. The van der Waals surface area contributed by atoms with Crippen LogP contribution in [-0.4, -0.2) is 58.0 Å². The van der Waals surface area contributed by atoms with Crippen molar-refractivity contribution in [2.24, 2.45) is 5.92 Å². The minimum atomic E-state index is -3.10. The molecule has 2 aliphatic rings. The van der Waals surface area contributed by atoms with Crippen LogP contribution in [0.4, 0.5) is 0 Å². The van der Waals surface area contributed by atoms with Crippen LogP contribution < -0.4 is 4.74 Å². The molecule has 1 aliphatic carbocycles. The fraction of sp³-hybridized carbons (Fsp3) is 0.667.